The Morgan fingerprint density at radius 3 is 2.62 bits per heavy atom. The van der Waals surface area contributed by atoms with Crippen molar-refractivity contribution in [2.45, 2.75) is 6.18 Å². The molecule has 0 spiro atoms. The highest BCUT2D eigenvalue weighted by molar-refractivity contribution is 5.82. The first-order chi connectivity index (χ1) is 9.75. The van der Waals surface area contributed by atoms with E-state index in [1.165, 1.54) is 0 Å². The van der Waals surface area contributed by atoms with Crippen LogP contribution in [0.1, 0.15) is 5.56 Å². The van der Waals surface area contributed by atoms with Crippen molar-refractivity contribution >= 4 is 12.2 Å². The van der Waals surface area contributed by atoms with Gasteiger partial charge >= 0.3 is 12.1 Å². The maximum absolute atomic E-state index is 13.3. The largest absolute Gasteiger partial charge is 0.478 e. The molecule has 0 saturated heterocycles. The van der Waals surface area contributed by atoms with Crippen LogP contribution < -0.4 is 0 Å². The monoisotopic (exact) mass is 301 g/mol. The van der Waals surface area contributed by atoms with Gasteiger partial charge in [-0.3, -0.25) is 0 Å². The van der Waals surface area contributed by atoms with Gasteiger partial charge in [-0.2, -0.15) is 13.2 Å². The third kappa shape index (κ3) is 3.65. The Kier molecular flexibility index (Phi) is 3.74. The maximum Gasteiger partial charge on any atom is 0.416 e. The van der Waals surface area contributed by atoms with Gasteiger partial charge in [0.15, 0.2) is 5.82 Å². The quantitative estimate of drug-likeness (QED) is 0.699. The summed E-state index contributed by atoms with van der Waals surface area (Å²) in [6, 6.07) is 1.93. The van der Waals surface area contributed by atoms with Crippen LogP contribution in [0.5, 0.6) is 0 Å². The highest BCUT2D eigenvalue weighted by atomic mass is 19.4. The van der Waals surface area contributed by atoms with Gasteiger partial charge in [0, 0.05) is 17.8 Å². The second kappa shape index (κ2) is 5.35. The smallest absolute Gasteiger partial charge is 0.416 e. The Bertz CT molecular complexity index is 707. The molecule has 5 nitrogen and oxygen atoms in total. The lowest BCUT2D eigenvalue weighted by Gasteiger charge is -2.07. The summed E-state index contributed by atoms with van der Waals surface area (Å²) in [4.78, 5) is 14.0. The van der Waals surface area contributed by atoms with E-state index >= 15 is 0 Å². The van der Waals surface area contributed by atoms with E-state index in [9.17, 15) is 22.4 Å². The number of carboxylic acid groups (broad SMARTS) is 1. The van der Waals surface area contributed by atoms with E-state index in [-0.39, 0.29) is 11.4 Å². The van der Waals surface area contributed by atoms with Crippen molar-refractivity contribution in [3.63, 3.8) is 0 Å². The van der Waals surface area contributed by atoms with Gasteiger partial charge in [0.2, 0.25) is 0 Å². The summed E-state index contributed by atoms with van der Waals surface area (Å²) in [5.74, 6) is -2.45. The van der Waals surface area contributed by atoms with Crippen LogP contribution in [0.2, 0.25) is 0 Å². The third-order valence-electron chi connectivity index (χ3n) is 2.36. The molecule has 1 aromatic heterocycles. The van der Waals surface area contributed by atoms with Crippen molar-refractivity contribution in [3.05, 3.63) is 42.0 Å². The average Bonchev–Trinajstić information content (AvgIpc) is 2.83. The molecule has 1 aromatic carbocycles. The molecule has 0 aliphatic heterocycles. The van der Waals surface area contributed by atoms with Crippen LogP contribution in [-0.2, 0) is 11.0 Å². The minimum Gasteiger partial charge on any atom is -0.478 e. The summed E-state index contributed by atoms with van der Waals surface area (Å²) in [5.41, 5.74) is -1.32. The zero-order valence-electron chi connectivity index (χ0n) is 10.2. The standard InChI is InChI=1S/C12H7F4N3O2/c13-9-4-7(3-8(5-9)12(14,15)16)11-17-6-19(18-11)2-1-10(20)21/h1-6H,(H,20,21). The Labute approximate surface area is 115 Å². The molecular formula is C12H7F4N3O2. The van der Waals surface area contributed by atoms with E-state index in [4.69, 9.17) is 5.11 Å². The lowest BCUT2D eigenvalue weighted by atomic mass is 10.1. The molecular weight excluding hydrogens is 294 g/mol. The highest BCUT2D eigenvalue weighted by Crippen LogP contribution is 2.32. The van der Waals surface area contributed by atoms with E-state index < -0.39 is 23.5 Å². The van der Waals surface area contributed by atoms with Crippen molar-refractivity contribution < 1.29 is 27.5 Å². The summed E-state index contributed by atoms with van der Waals surface area (Å²) >= 11 is 0. The highest BCUT2D eigenvalue weighted by Gasteiger charge is 2.31. The number of halogens is 4. The molecule has 21 heavy (non-hydrogen) atoms. The first kappa shape index (κ1) is 14.7. The predicted octanol–water partition coefficient (Wildman–Crippen LogP) is 2.66. The molecule has 0 fully saturated rings. The van der Waals surface area contributed by atoms with Gasteiger partial charge in [0.1, 0.15) is 12.1 Å². The number of rotatable bonds is 3. The summed E-state index contributed by atoms with van der Waals surface area (Å²) in [6.07, 6.45) is -1.79. The molecule has 0 saturated carbocycles. The number of carboxylic acids is 1. The normalized spacial score (nSPS) is 12.0. The van der Waals surface area contributed by atoms with E-state index in [0.717, 1.165) is 29.4 Å². The van der Waals surface area contributed by atoms with Crippen LogP contribution in [0.3, 0.4) is 0 Å². The number of benzene rings is 1. The van der Waals surface area contributed by atoms with Gasteiger partial charge in [-0.15, -0.1) is 5.10 Å². The molecule has 2 aromatic rings. The van der Waals surface area contributed by atoms with Gasteiger partial charge in [-0.25, -0.2) is 18.9 Å². The molecule has 2 rings (SSSR count). The Hall–Kier alpha value is -2.71. The molecule has 9 heteroatoms. The molecule has 0 aliphatic carbocycles. The molecule has 1 N–H and O–H groups in total. The van der Waals surface area contributed by atoms with Crippen molar-refractivity contribution in [2.24, 2.45) is 0 Å². The summed E-state index contributed by atoms with van der Waals surface area (Å²) in [7, 11) is 0. The summed E-state index contributed by atoms with van der Waals surface area (Å²) in [5, 5.41) is 12.2. The van der Waals surface area contributed by atoms with Gasteiger partial charge < -0.3 is 5.11 Å². The zero-order valence-corrected chi connectivity index (χ0v) is 10.2. The fourth-order valence-electron chi connectivity index (χ4n) is 1.50. The number of hydrogen-bond donors (Lipinski definition) is 1. The van der Waals surface area contributed by atoms with Gasteiger partial charge in [0.25, 0.3) is 0 Å². The Balaban J connectivity index is 2.39. The van der Waals surface area contributed by atoms with Crippen molar-refractivity contribution in [3.8, 4) is 11.4 Å². The first-order valence-electron chi connectivity index (χ1n) is 5.46. The topological polar surface area (TPSA) is 68.0 Å². The van der Waals surface area contributed by atoms with E-state index in [1.54, 1.807) is 0 Å². The lowest BCUT2D eigenvalue weighted by molar-refractivity contribution is -0.137. The van der Waals surface area contributed by atoms with Crippen molar-refractivity contribution in [1.82, 2.24) is 14.8 Å². The number of aromatic nitrogens is 3. The number of hydrogen-bond acceptors (Lipinski definition) is 3. The second-order valence-electron chi connectivity index (χ2n) is 3.93. The summed E-state index contributed by atoms with van der Waals surface area (Å²) in [6.45, 7) is 0. The van der Waals surface area contributed by atoms with E-state index in [2.05, 4.69) is 10.1 Å². The van der Waals surface area contributed by atoms with Crippen LogP contribution in [0, 0.1) is 5.82 Å². The van der Waals surface area contributed by atoms with E-state index in [0.29, 0.717) is 12.1 Å². The fourth-order valence-corrected chi connectivity index (χ4v) is 1.50. The van der Waals surface area contributed by atoms with Crippen molar-refractivity contribution in [2.75, 3.05) is 0 Å². The molecule has 0 radical (unpaired) electrons. The van der Waals surface area contributed by atoms with Crippen LogP contribution in [-0.4, -0.2) is 25.8 Å². The van der Waals surface area contributed by atoms with Crippen LogP contribution in [0.15, 0.2) is 30.6 Å². The minimum atomic E-state index is -4.69. The van der Waals surface area contributed by atoms with Crippen molar-refractivity contribution in [1.29, 1.82) is 0 Å². The third-order valence-corrected chi connectivity index (χ3v) is 2.36. The van der Waals surface area contributed by atoms with Gasteiger partial charge in [-0.05, 0) is 18.2 Å². The number of nitrogens with zero attached hydrogens (tertiary/aromatic N) is 3. The molecule has 0 bridgehead atoms. The second-order valence-corrected chi connectivity index (χ2v) is 3.93. The number of alkyl halides is 3. The first-order valence-corrected chi connectivity index (χ1v) is 5.46. The van der Waals surface area contributed by atoms with Crippen LogP contribution >= 0.6 is 0 Å². The SMILES string of the molecule is O=C(O)C=Cn1cnc(-c2cc(F)cc(C(F)(F)F)c2)n1. The van der Waals surface area contributed by atoms with E-state index in [1.807, 2.05) is 0 Å². The molecule has 0 atom stereocenters. The molecule has 0 aliphatic rings. The predicted molar refractivity (Wildman–Crippen MR) is 63.4 cm³/mol. The number of aliphatic carboxylic acids is 1. The average molecular weight is 301 g/mol. The Morgan fingerprint density at radius 1 is 1.29 bits per heavy atom. The van der Waals surface area contributed by atoms with Gasteiger partial charge in [-0.1, -0.05) is 0 Å². The van der Waals surface area contributed by atoms with Crippen LogP contribution in [0.25, 0.3) is 17.6 Å². The molecule has 0 amide bonds. The molecule has 110 valence electrons. The van der Waals surface area contributed by atoms with Crippen LogP contribution in [0.4, 0.5) is 17.6 Å². The van der Waals surface area contributed by atoms with Gasteiger partial charge in [0.05, 0.1) is 5.56 Å². The lowest BCUT2D eigenvalue weighted by Crippen LogP contribution is -2.05. The molecule has 1 heterocycles. The molecule has 0 unspecified atom stereocenters. The summed E-state index contributed by atoms with van der Waals surface area (Å²) < 4.78 is 52.0. The fraction of sp³-hybridized carbons (Fsp3) is 0.0833. The zero-order chi connectivity index (χ0) is 15.6. The maximum atomic E-state index is 13.3. The minimum absolute atomic E-state index is 0.157. The number of carbonyl (C=O) groups is 1. The Morgan fingerprint density at radius 2 is 2.00 bits per heavy atom.